The van der Waals surface area contributed by atoms with E-state index >= 15 is 0 Å². The molecule has 114 valence electrons. The fraction of sp³-hybridized carbons (Fsp3) is 0.333. The zero-order valence-corrected chi connectivity index (χ0v) is 12.1. The Bertz CT molecular complexity index is 650. The minimum atomic E-state index is -0.563. The summed E-state index contributed by atoms with van der Waals surface area (Å²) in [7, 11) is 0. The molecule has 4 amide bonds. The minimum Gasteiger partial charge on any atom is -0.326 e. The standard InChI is InChI=1S/C15H16N4O3/c1-2-5-12-14(21)19(15(22)18-12)9-13(20)17-11-7-4-3-6-10(11)8-16/h3-4,6-7,12H,2,5,9H2,1H3,(H,17,20)(H,18,22)/t12-/m0/s1. The van der Waals surface area contributed by atoms with E-state index in [9.17, 15) is 14.4 Å². The Morgan fingerprint density at radius 3 is 2.82 bits per heavy atom. The van der Waals surface area contributed by atoms with Gasteiger partial charge in [-0.2, -0.15) is 5.26 Å². The van der Waals surface area contributed by atoms with Crippen molar-refractivity contribution in [2.24, 2.45) is 0 Å². The monoisotopic (exact) mass is 300 g/mol. The van der Waals surface area contributed by atoms with E-state index in [-0.39, 0.29) is 6.54 Å². The number of benzene rings is 1. The second kappa shape index (κ2) is 6.72. The van der Waals surface area contributed by atoms with Gasteiger partial charge in [-0.25, -0.2) is 4.79 Å². The number of anilines is 1. The van der Waals surface area contributed by atoms with Crippen LogP contribution in [0.1, 0.15) is 25.3 Å². The normalized spacial score (nSPS) is 17.1. The Kier molecular flexibility index (Phi) is 4.73. The number of nitrogens with zero attached hydrogens (tertiary/aromatic N) is 2. The fourth-order valence-electron chi connectivity index (χ4n) is 2.23. The summed E-state index contributed by atoms with van der Waals surface area (Å²) in [4.78, 5) is 36.7. The Balaban J connectivity index is 2.02. The molecule has 1 saturated heterocycles. The first kappa shape index (κ1) is 15.5. The van der Waals surface area contributed by atoms with Crippen molar-refractivity contribution < 1.29 is 14.4 Å². The highest BCUT2D eigenvalue weighted by Crippen LogP contribution is 2.15. The predicted molar refractivity (Wildman–Crippen MR) is 78.7 cm³/mol. The van der Waals surface area contributed by atoms with Gasteiger partial charge in [0.1, 0.15) is 18.7 Å². The maximum atomic E-state index is 12.0. The van der Waals surface area contributed by atoms with E-state index in [4.69, 9.17) is 5.26 Å². The molecule has 0 spiro atoms. The predicted octanol–water partition coefficient (Wildman–Crippen LogP) is 1.22. The molecule has 1 aromatic rings. The number of hydrogen-bond donors (Lipinski definition) is 2. The lowest BCUT2D eigenvalue weighted by Gasteiger charge is -2.13. The lowest BCUT2D eigenvalue weighted by Crippen LogP contribution is -2.38. The number of amides is 4. The topological polar surface area (TPSA) is 102 Å². The van der Waals surface area contributed by atoms with Crippen LogP contribution in [0.3, 0.4) is 0 Å². The Morgan fingerprint density at radius 1 is 1.41 bits per heavy atom. The van der Waals surface area contributed by atoms with Gasteiger partial charge in [-0.05, 0) is 18.6 Å². The quantitative estimate of drug-likeness (QED) is 0.798. The number of nitrogens with one attached hydrogen (secondary N) is 2. The van der Waals surface area contributed by atoms with Gasteiger partial charge in [0, 0.05) is 0 Å². The molecule has 0 bridgehead atoms. The molecule has 2 N–H and O–H groups in total. The summed E-state index contributed by atoms with van der Waals surface area (Å²) < 4.78 is 0. The first-order valence-corrected chi connectivity index (χ1v) is 6.97. The number of imide groups is 1. The van der Waals surface area contributed by atoms with Gasteiger partial charge < -0.3 is 10.6 Å². The highest BCUT2D eigenvalue weighted by molar-refractivity contribution is 6.08. The minimum absolute atomic E-state index is 0.317. The second-order valence-electron chi connectivity index (χ2n) is 4.92. The number of hydrogen-bond acceptors (Lipinski definition) is 4. The van der Waals surface area contributed by atoms with Gasteiger partial charge in [0.15, 0.2) is 0 Å². The Morgan fingerprint density at radius 2 is 2.14 bits per heavy atom. The second-order valence-corrected chi connectivity index (χ2v) is 4.92. The van der Waals surface area contributed by atoms with Gasteiger partial charge >= 0.3 is 6.03 Å². The van der Waals surface area contributed by atoms with Crippen LogP contribution in [0.15, 0.2) is 24.3 Å². The third-order valence-electron chi connectivity index (χ3n) is 3.31. The van der Waals surface area contributed by atoms with Crippen LogP contribution in [0, 0.1) is 11.3 Å². The molecule has 7 nitrogen and oxygen atoms in total. The molecule has 1 heterocycles. The lowest BCUT2D eigenvalue weighted by atomic mass is 10.1. The van der Waals surface area contributed by atoms with Crippen molar-refractivity contribution in [1.82, 2.24) is 10.2 Å². The van der Waals surface area contributed by atoms with E-state index in [1.54, 1.807) is 24.3 Å². The van der Waals surface area contributed by atoms with Crippen LogP contribution in [-0.4, -0.2) is 35.3 Å². The van der Waals surface area contributed by atoms with Crippen LogP contribution in [0.4, 0.5) is 10.5 Å². The van der Waals surface area contributed by atoms with Crippen molar-refractivity contribution in [1.29, 1.82) is 5.26 Å². The smallest absolute Gasteiger partial charge is 0.325 e. The summed E-state index contributed by atoms with van der Waals surface area (Å²) in [5, 5.41) is 14.1. The summed E-state index contributed by atoms with van der Waals surface area (Å²) in [5.74, 6) is -0.918. The summed E-state index contributed by atoms with van der Waals surface area (Å²) in [6.07, 6.45) is 1.30. The average Bonchev–Trinajstić information content (AvgIpc) is 2.76. The van der Waals surface area contributed by atoms with E-state index in [2.05, 4.69) is 10.6 Å². The van der Waals surface area contributed by atoms with Crippen LogP contribution in [0.2, 0.25) is 0 Å². The first-order chi connectivity index (χ1) is 10.6. The van der Waals surface area contributed by atoms with Crippen LogP contribution >= 0.6 is 0 Å². The molecule has 0 radical (unpaired) electrons. The van der Waals surface area contributed by atoms with Gasteiger partial charge in [0.05, 0.1) is 11.3 Å². The van der Waals surface area contributed by atoms with Gasteiger partial charge in [-0.3, -0.25) is 14.5 Å². The summed E-state index contributed by atoms with van der Waals surface area (Å²) >= 11 is 0. The zero-order chi connectivity index (χ0) is 16.1. The van der Waals surface area contributed by atoms with Crippen LogP contribution in [0.5, 0.6) is 0 Å². The van der Waals surface area contributed by atoms with E-state index in [1.165, 1.54) is 0 Å². The van der Waals surface area contributed by atoms with Crippen LogP contribution < -0.4 is 10.6 Å². The highest BCUT2D eigenvalue weighted by atomic mass is 16.2. The van der Waals surface area contributed by atoms with Crippen molar-refractivity contribution in [2.45, 2.75) is 25.8 Å². The molecule has 1 aromatic carbocycles. The molecule has 1 aliphatic heterocycles. The van der Waals surface area contributed by atoms with Crippen molar-refractivity contribution in [3.63, 3.8) is 0 Å². The number of rotatable bonds is 5. The third-order valence-corrected chi connectivity index (χ3v) is 3.31. The van der Waals surface area contributed by atoms with Gasteiger partial charge in [0.25, 0.3) is 5.91 Å². The maximum Gasteiger partial charge on any atom is 0.325 e. The summed E-state index contributed by atoms with van der Waals surface area (Å²) in [6, 6.07) is 7.36. The largest absolute Gasteiger partial charge is 0.326 e. The molecule has 0 aliphatic carbocycles. The zero-order valence-electron chi connectivity index (χ0n) is 12.1. The number of para-hydroxylation sites is 1. The molecular formula is C15H16N4O3. The number of carbonyl (C=O) groups is 3. The van der Waals surface area contributed by atoms with Crippen molar-refractivity contribution >= 4 is 23.5 Å². The molecule has 1 atom stereocenters. The number of carbonyl (C=O) groups excluding carboxylic acids is 3. The first-order valence-electron chi connectivity index (χ1n) is 6.97. The van der Waals surface area contributed by atoms with Gasteiger partial charge in [0.2, 0.25) is 5.91 Å². The van der Waals surface area contributed by atoms with Crippen LogP contribution in [-0.2, 0) is 9.59 Å². The van der Waals surface area contributed by atoms with Gasteiger partial charge in [-0.15, -0.1) is 0 Å². The van der Waals surface area contributed by atoms with E-state index < -0.39 is 23.9 Å². The molecule has 7 heteroatoms. The molecule has 1 aliphatic rings. The van der Waals surface area contributed by atoms with E-state index in [0.29, 0.717) is 17.7 Å². The molecule has 0 aromatic heterocycles. The number of urea groups is 1. The Hall–Kier alpha value is -2.88. The van der Waals surface area contributed by atoms with Crippen molar-refractivity contribution in [3.05, 3.63) is 29.8 Å². The third kappa shape index (κ3) is 3.23. The van der Waals surface area contributed by atoms with Crippen molar-refractivity contribution in [3.8, 4) is 6.07 Å². The molecule has 22 heavy (non-hydrogen) atoms. The molecule has 1 fully saturated rings. The molecule has 0 unspecified atom stereocenters. The Labute approximate surface area is 127 Å². The maximum absolute atomic E-state index is 12.0. The van der Waals surface area contributed by atoms with E-state index in [0.717, 1.165) is 11.3 Å². The van der Waals surface area contributed by atoms with Crippen molar-refractivity contribution in [2.75, 3.05) is 11.9 Å². The molecular weight excluding hydrogens is 284 g/mol. The summed E-state index contributed by atoms with van der Waals surface area (Å²) in [6.45, 7) is 1.54. The number of nitriles is 1. The highest BCUT2D eigenvalue weighted by Gasteiger charge is 2.38. The van der Waals surface area contributed by atoms with E-state index in [1.807, 2.05) is 13.0 Å². The van der Waals surface area contributed by atoms with Crippen LogP contribution in [0.25, 0.3) is 0 Å². The summed E-state index contributed by atoms with van der Waals surface area (Å²) in [5.41, 5.74) is 0.670. The molecule has 2 rings (SSSR count). The lowest BCUT2D eigenvalue weighted by molar-refractivity contribution is -0.130. The molecule has 0 saturated carbocycles. The average molecular weight is 300 g/mol. The fourth-order valence-corrected chi connectivity index (χ4v) is 2.23. The SMILES string of the molecule is CCC[C@@H]1NC(=O)N(CC(=O)Nc2ccccc2C#N)C1=O. The van der Waals surface area contributed by atoms with Gasteiger partial charge in [-0.1, -0.05) is 25.5 Å².